The number of likely N-dealkylation sites (N-methyl/N-ethyl adjacent to an activating group) is 1. The average Bonchev–Trinajstić information content (AvgIpc) is 3.37. The van der Waals surface area contributed by atoms with E-state index >= 15 is 0 Å². The van der Waals surface area contributed by atoms with Gasteiger partial charge < -0.3 is 20.0 Å². The van der Waals surface area contributed by atoms with Gasteiger partial charge in [-0.1, -0.05) is 31.8 Å². The van der Waals surface area contributed by atoms with Crippen molar-refractivity contribution in [1.82, 2.24) is 20.4 Å². The number of piperazine rings is 1. The third-order valence-corrected chi connectivity index (χ3v) is 6.46. The molecule has 0 aliphatic carbocycles. The first-order chi connectivity index (χ1) is 16.0. The molecule has 3 aliphatic heterocycles. The van der Waals surface area contributed by atoms with Crippen LogP contribution in [-0.2, 0) is 9.59 Å². The number of hydrogen-bond acceptors (Lipinski definition) is 5. The molecule has 2 unspecified atom stereocenters. The van der Waals surface area contributed by atoms with E-state index in [1.807, 2.05) is 29.2 Å². The molecular formula is C25H31N5O3. The van der Waals surface area contributed by atoms with Gasteiger partial charge in [-0.2, -0.15) is 0 Å². The third kappa shape index (κ3) is 5.20. The standard InChI is InChI=1S/C25H31N5O3/c1-3-5-22(29-14-12-28(4-2)13-15-29)19-16-23(31)30(17-19)20-9-6-18(7-10-20)8-11-21-24(32)27-25(33)26-21/h5-7,9-10,19,21H,3-4,12-17H2,1-2H3,(H2,26,27,32,33)/b22-5-. The molecule has 3 fully saturated rings. The Morgan fingerprint density at radius 3 is 2.42 bits per heavy atom. The Kier molecular flexibility index (Phi) is 6.99. The zero-order chi connectivity index (χ0) is 23.4. The van der Waals surface area contributed by atoms with Crippen LogP contribution in [0.25, 0.3) is 0 Å². The lowest BCUT2D eigenvalue weighted by Crippen LogP contribution is -2.46. The highest BCUT2D eigenvalue weighted by atomic mass is 16.2. The lowest BCUT2D eigenvalue weighted by molar-refractivity contribution is -0.119. The Labute approximate surface area is 195 Å². The van der Waals surface area contributed by atoms with Crippen molar-refractivity contribution in [3.05, 3.63) is 41.6 Å². The van der Waals surface area contributed by atoms with Crippen LogP contribution in [0.15, 0.2) is 36.0 Å². The number of urea groups is 1. The number of nitrogens with zero attached hydrogens (tertiary/aromatic N) is 3. The summed E-state index contributed by atoms with van der Waals surface area (Å²) in [5.74, 6) is 5.58. The summed E-state index contributed by atoms with van der Waals surface area (Å²) in [4.78, 5) is 42.5. The monoisotopic (exact) mass is 449 g/mol. The number of benzene rings is 1. The Morgan fingerprint density at radius 2 is 1.82 bits per heavy atom. The van der Waals surface area contributed by atoms with Gasteiger partial charge in [-0.3, -0.25) is 14.9 Å². The number of rotatable bonds is 5. The van der Waals surface area contributed by atoms with E-state index < -0.39 is 18.0 Å². The van der Waals surface area contributed by atoms with Gasteiger partial charge in [0.2, 0.25) is 5.91 Å². The number of hydrogen-bond donors (Lipinski definition) is 2. The molecule has 0 aromatic heterocycles. The molecule has 0 spiro atoms. The molecule has 2 atom stereocenters. The maximum atomic E-state index is 12.9. The van der Waals surface area contributed by atoms with Gasteiger partial charge in [0, 0.05) is 62.0 Å². The van der Waals surface area contributed by atoms with Crippen molar-refractivity contribution in [3.63, 3.8) is 0 Å². The van der Waals surface area contributed by atoms with Gasteiger partial charge in [0.25, 0.3) is 5.91 Å². The molecule has 4 rings (SSSR count). The van der Waals surface area contributed by atoms with Crippen LogP contribution in [0.2, 0.25) is 0 Å². The summed E-state index contributed by atoms with van der Waals surface area (Å²) in [6.45, 7) is 10.3. The van der Waals surface area contributed by atoms with Gasteiger partial charge >= 0.3 is 6.03 Å². The molecular weight excluding hydrogens is 418 g/mol. The molecule has 174 valence electrons. The number of allylic oxidation sites excluding steroid dienone is 1. The smallest absolute Gasteiger partial charge is 0.322 e. The SMILES string of the molecule is CC/C=C(/C1CC(=O)N(c2ccc(C#CC3NC(=O)NC3=O)cc2)C1)N1CCN(CC)CC1. The number of carbonyl (C=O) groups is 3. The van der Waals surface area contributed by atoms with Crippen LogP contribution in [0, 0.1) is 17.8 Å². The van der Waals surface area contributed by atoms with Crippen LogP contribution < -0.4 is 15.5 Å². The summed E-state index contributed by atoms with van der Waals surface area (Å²) >= 11 is 0. The second-order valence-electron chi connectivity index (χ2n) is 8.58. The van der Waals surface area contributed by atoms with Crippen LogP contribution in [0.3, 0.4) is 0 Å². The van der Waals surface area contributed by atoms with Gasteiger partial charge in [-0.25, -0.2) is 4.79 Å². The fraction of sp³-hybridized carbons (Fsp3) is 0.480. The van der Waals surface area contributed by atoms with Gasteiger partial charge in [-0.05, 0) is 37.2 Å². The van der Waals surface area contributed by atoms with Gasteiger partial charge in [0.1, 0.15) is 0 Å². The number of nitrogens with one attached hydrogen (secondary N) is 2. The first kappa shape index (κ1) is 22.9. The molecule has 0 saturated carbocycles. The van der Waals surface area contributed by atoms with Crippen LogP contribution in [0.5, 0.6) is 0 Å². The molecule has 3 heterocycles. The van der Waals surface area contributed by atoms with Crippen molar-refractivity contribution >= 4 is 23.5 Å². The van der Waals surface area contributed by atoms with E-state index in [0.717, 1.165) is 50.4 Å². The first-order valence-electron chi connectivity index (χ1n) is 11.7. The molecule has 2 N–H and O–H groups in total. The van der Waals surface area contributed by atoms with E-state index in [-0.39, 0.29) is 11.8 Å². The van der Waals surface area contributed by atoms with Crippen LogP contribution in [0.4, 0.5) is 10.5 Å². The van der Waals surface area contributed by atoms with Crippen molar-refractivity contribution in [2.45, 2.75) is 32.7 Å². The van der Waals surface area contributed by atoms with Crippen molar-refractivity contribution in [3.8, 4) is 11.8 Å². The van der Waals surface area contributed by atoms with Crippen molar-refractivity contribution < 1.29 is 14.4 Å². The van der Waals surface area contributed by atoms with E-state index in [9.17, 15) is 14.4 Å². The van der Waals surface area contributed by atoms with E-state index in [1.54, 1.807) is 0 Å². The zero-order valence-electron chi connectivity index (χ0n) is 19.3. The number of imide groups is 1. The number of carbonyl (C=O) groups excluding carboxylic acids is 3. The summed E-state index contributed by atoms with van der Waals surface area (Å²) in [6, 6.07) is 6.10. The van der Waals surface area contributed by atoms with Crippen molar-refractivity contribution in [1.29, 1.82) is 0 Å². The third-order valence-electron chi connectivity index (χ3n) is 6.46. The highest BCUT2D eigenvalue weighted by Crippen LogP contribution is 2.32. The summed E-state index contributed by atoms with van der Waals surface area (Å²) < 4.78 is 0. The Morgan fingerprint density at radius 1 is 1.09 bits per heavy atom. The predicted molar refractivity (Wildman–Crippen MR) is 126 cm³/mol. The maximum Gasteiger partial charge on any atom is 0.322 e. The van der Waals surface area contributed by atoms with E-state index in [2.05, 4.69) is 52.2 Å². The molecule has 0 bridgehead atoms. The maximum absolute atomic E-state index is 12.9. The lowest BCUT2D eigenvalue weighted by atomic mass is 10.0. The summed E-state index contributed by atoms with van der Waals surface area (Å²) in [5, 5.41) is 4.62. The minimum absolute atomic E-state index is 0.137. The lowest BCUT2D eigenvalue weighted by Gasteiger charge is -2.38. The Balaban J connectivity index is 1.42. The minimum atomic E-state index is -0.832. The second-order valence-corrected chi connectivity index (χ2v) is 8.58. The number of amides is 4. The topological polar surface area (TPSA) is 85.0 Å². The Hall–Kier alpha value is -3.31. The zero-order valence-corrected chi connectivity index (χ0v) is 19.3. The first-order valence-corrected chi connectivity index (χ1v) is 11.7. The largest absolute Gasteiger partial charge is 0.372 e. The molecule has 3 saturated heterocycles. The van der Waals surface area contributed by atoms with Crippen LogP contribution in [0.1, 0.15) is 32.3 Å². The summed E-state index contributed by atoms with van der Waals surface area (Å²) in [5.41, 5.74) is 2.88. The highest BCUT2D eigenvalue weighted by molar-refractivity contribution is 6.05. The summed E-state index contributed by atoms with van der Waals surface area (Å²) in [7, 11) is 0. The highest BCUT2D eigenvalue weighted by Gasteiger charge is 2.35. The predicted octanol–water partition coefficient (Wildman–Crippen LogP) is 1.53. The van der Waals surface area contributed by atoms with Crippen LogP contribution in [-0.4, -0.2) is 73.0 Å². The van der Waals surface area contributed by atoms with Gasteiger partial charge in [-0.15, -0.1) is 0 Å². The van der Waals surface area contributed by atoms with E-state index in [0.29, 0.717) is 13.0 Å². The van der Waals surface area contributed by atoms with Crippen molar-refractivity contribution in [2.24, 2.45) is 5.92 Å². The molecule has 0 radical (unpaired) electrons. The van der Waals surface area contributed by atoms with E-state index in [1.165, 1.54) is 5.70 Å². The quantitative estimate of drug-likeness (QED) is 0.526. The molecule has 8 heteroatoms. The van der Waals surface area contributed by atoms with Gasteiger partial charge in [0.15, 0.2) is 6.04 Å². The van der Waals surface area contributed by atoms with Gasteiger partial charge in [0.05, 0.1) is 0 Å². The molecule has 1 aromatic rings. The summed E-state index contributed by atoms with van der Waals surface area (Å²) in [6.07, 6.45) is 3.78. The molecule has 3 aliphatic rings. The molecule has 33 heavy (non-hydrogen) atoms. The second kappa shape index (κ2) is 10.1. The minimum Gasteiger partial charge on any atom is -0.372 e. The van der Waals surface area contributed by atoms with Crippen LogP contribution >= 0.6 is 0 Å². The molecule has 1 aromatic carbocycles. The molecule has 4 amide bonds. The Bertz CT molecular complexity index is 999. The fourth-order valence-corrected chi connectivity index (χ4v) is 4.64. The van der Waals surface area contributed by atoms with E-state index in [4.69, 9.17) is 0 Å². The average molecular weight is 450 g/mol. The molecule has 8 nitrogen and oxygen atoms in total. The number of anilines is 1. The normalized spacial score (nSPS) is 23.9. The fourth-order valence-electron chi connectivity index (χ4n) is 4.64. The van der Waals surface area contributed by atoms with Crippen molar-refractivity contribution in [2.75, 3.05) is 44.2 Å².